The highest BCUT2D eigenvalue weighted by Crippen LogP contribution is 2.39. The highest BCUT2D eigenvalue weighted by atomic mass is 35.5. The Kier molecular flexibility index (Phi) is 6.21. The predicted molar refractivity (Wildman–Crippen MR) is 117 cm³/mol. The van der Waals surface area contributed by atoms with E-state index in [0.29, 0.717) is 29.5 Å². The number of para-hydroxylation sites is 2. The molecule has 162 valence electrons. The normalized spacial score (nSPS) is 13.6. The average Bonchev–Trinajstić information content (AvgIpc) is 3.60. The van der Waals surface area contributed by atoms with Crippen LogP contribution in [0.1, 0.15) is 12.8 Å². The first-order valence-electron chi connectivity index (χ1n) is 9.51. The number of aromatic nitrogens is 3. The maximum atomic E-state index is 12.6. The zero-order valence-electron chi connectivity index (χ0n) is 16.6. The Morgan fingerprint density at radius 3 is 2.48 bits per heavy atom. The minimum Gasteiger partial charge on any atom is -0.493 e. The summed E-state index contributed by atoms with van der Waals surface area (Å²) in [6.45, 7) is 0.355. The van der Waals surface area contributed by atoms with Crippen molar-refractivity contribution in [3.8, 4) is 28.6 Å². The number of methoxy groups -OCH3 is 1. The lowest BCUT2D eigenvalue weighted by atomic mass is 10.2. The van der Waals surface area contributed by atoms with Crippen molar-refractivity contribution in [2.75, 3.05) is 18.4 Å². The van der Waals surface area contributed by atoms with E-state index in [4.69, 9.17) is 21.1 Å². The van der Waals surface area contributed by atoms with Crippen molar-refractivity contribution in [1.29, 1.82) is 0 Å². The molecule has 31 heavy (non-hydrogen) atoms. The molecule has 0 atom stereocenters. The van der Waals surface area contributed by atoms with Crippen LogP contribution in [0, 0.1) is 5.92 Å². The van der Waals surface area contributed by atoms with E-state index in [1.54, 1.807) is 48.8 Å². The third-order valence-electron chi connectivity index (χ3n) is 4.53. The Morgan fingerprint density at radius 1 is 1.10 bits per heavy atom. The second-order valence-electron chi connectivity index (χ2n) is 6.90. The summed E-state index contributed by atoms with van der Waals surface area (Å²) in [6, 6.07) is 10.3. The number of hydrogen-bond donors (Lipinski definition) is 2. The SMILES string of the molecule is COc1ccccc1Oc1c(Cl)nc(-c2ccncc2)nc1NS(=O)(=O)NCC1CC1. The molecule has 0 unspecified atom stereocenters. The molecule has 1 aliphatic rings. The van der Waals surface area contributed by atoms with Crippen LogP contribution in [-0.2, 0) is 10.2 Å². The number of nitrogens with zero attached hydrogens (tertiary/aromatic N) is 3. The van der Waals surface area contributed by atoms with Crippen molar-refractivity contribution < 1.29 is 17.9 Å². The summed E-state index contributed by atoms with van der Waals surface area (Å²) in [5.74, 6) is 1.22. The molecule has 1 fully saturated rings. The van der Waals surface area contributed by atoms with Gasteiger partial charge in [-0.15, -0.1) is 0 Å². The molecule has 0 aliphatic heterocycles. The number of pyridine rings is 1. The zero-order chi connectivity index (χ0) is 21.8. The summed E-state index contributed by atoms with van der Waals surface area (Å²) in [5.41, 5.74) is 0.618. The lowest BCUT2D eigenvalue weighted by Gasteiger charge is -2.16. The molecule has 0 spiro atoms. The van der Waals surface area contributed by atoms with Crippen LogP contribution >= 0.6 is 11.6 Å². The summed E-state index contributed by atoms with van der Waals surface area (Å²) in [4.78, 5) is 12.6. The molecule has 2 heterocycles. The maximum Gasteiger partial charge on any atom is 0.300 e. The molecule has 4 rings (SSSR count). The molecule has 9 nitrogen and oxygen atoms in total. The molecule has 2 N–H and O–H groups in total. The van der Waals surface area contributed by atoms with Crippen LogP contribution in [0.2, 0.25) is 5.15 Å². The molecule has 11 heteroatoms. The Balaban J connectivity index is 1.73. The van der Waals surface area contributed by atoms with Crippen LogP contribution in [0.3, 0.4) is 0 Å². The second kappa shape index (κ2) is 9.04. The van der Waals surface area contributed by atoms with Gasteiger partial charge in [0.25, 0.3) is 10.2 Å². The first kappa shape index (κ1) is 21.3. The van der Waals surface area contributed by atoms with Crippen LogP contribution in [0.15, 0.2) is 48.8 Å². The van der Waals surface area contributed by atoms with Gasteiger partial charge in [0.2, 0.25) is 5.75 Å². The van der Waals surface area contributed by atoms with Crippen molar-refractivity contribution in [1.82, 2.24) is 19.7 Å². The maximum absolute atomic E-state index is 12.6. The van der Waals surface area contributed by atoms with Crippen molar-refractivity contribution in [3.63, 3.8) is 0 Å². The standard InChI is InChI=1S/C20H20ClN5O4S/c1-29-15-4-2-3-5-16(15)30-17-18(21)24-19(14-8-10-22-11-9-14)25-20(17)26-31(27,28)23-12-13-6-7-13/h2-5,8-11,13,23H,6-7,12H2,1H3,(H,24,25,26). The minimum atomic E-state index is -3.91. The zero-order valence-corrected chi connectivity index (χ0v) is 18.2. The van der Waals surface area contributed by atoms with E-state index in [0.717, 1.165) is 12.8 Å². The smallest absolute Gasteiger partial charge is 0.300 e. The topological polar surface area (TPSA) is 115 Å². The van der Waals surface area contributed by atoms with Gasteiger partial charge in [0.1, 0.15) is 0 Å². The second-order valence-corrected chi connectivity index (χ2v) is 8.76. The van der Waals surface area contributed by atoms with Gasteiger partial charge in [-0.3, -0.25) is 9.71 Å². The molecular weight excluding hydrogens is 442 g/mol. The monoisotopic (exact) mass is 461 g/mol. The number of rotatable bonds is 9. The van der Waals surface area contributed by atoms with Gasteiger partial charge in [-0.05, 0) is 43.0 Å². The molecule has 0 amide bonds. The Bertz CT molecular complexity index is 1170. The number of hydrogen-bond acceptors (Lipinski definition) is 7. The number of halogens is 1. The number of anilines is 1. The van der Waals surface area contributed by atoms with Crippen molar-refractivity contribution >= 4 is 27.6 Å². The van der Waals surface area contributed by atoms with E-state index in [1.807, 2.05) is 0 Å². The van der Waals surface area contributed by atoms with Gasteiger partial charge < -0.3 is 9.47 Å². The van der Waals surface area contributed by atoms with Crippen LogP contribution in [-0.4, -0.2) is 37.0 Å². The summed E-state index contributed by atoms with van der Waals surface area (Å²) >= 11 is 6.41. The van der Waals surface area contributed by atoms with E-state index >= 15 is 0 Å². The van der Waals surface area contributed by atoms with Crippen molar-refractivity contribution in [2.45, 2.75) is 12.8 Å². The summed E-state index contributed by atoms with van der Waals surface area (Å²) in [5, 5.41) is -0.0624. The third kappa shape index (κ3) is 5.40. The summed E-state index contributed by atoms with van der Waals surface area (Å²) in [6.07, 6.45) is 5.17. The van der Waals surface area contributed by atoms with E-state index in [9.17, 15) is 8.42 Å². The number of nitrogens with one attached hydrogen (secondary N) is 2. The van der Waals surface area contributed by atoms with Crippen LogP contribution in [0.25, 0.3) is 11.4 Å². The largest absolute Gasteiger partial charge is 0.493 e. The van der Waals surface area contributed by atoms with Crippen LogP contribution < -0.4 is 18.9 Å². The molecule has 1 saturated carbocycles. The van der Waals surface area contributed by atoms with E-state index in [2.05, 4.69) is 24.4 Å². The summed E-state index contributed by atoms with van der Waals surface area (Å²) in [7, 11) is -2.41. The van der Waals surface area contributed by atoms with Gasteiger partial charge in [0.05, 0.1) is 7.11 Å². The first-order valence-corrected chi connectivity index (χ1v) is 11.4. The van der Waals surface area contributed by atoms with Gasteiger partial charge in [0, 0.05) is 24.5 Å². The van der Waals surface area contributed by atoms with E-state index in [1.165, 1.54) is 7.11 Å². The molecule has 0 saturated heterocycles. The lowest BCUT2D eigenvalue weighted by molar-refractivity contribution is 0.378. The number of benzene rings is 1. The quantitative estimate of drug-likeness (QED) is 0.467. The first-order chi connectivity index (χ1) is 14.9. The third-order valence-corrected chi connectivity index (χ3v) is 5.80. The average molecular weight is 462 g/mol. The summed E-state index contributed by atoms with van der Waals surface area (Å²) < 4.78 is 41.3. The Labute approximate surface area is 185 Å². The van der Waals surface area contributed by atoms with Crippen molar-refractivity contribution in [2.24, 2.45) is 5.92 Å². The highest BCUT2D eigenvalue weighted by molar-refractivity contribution is 7.90. The van der Waals surface area contributed by atoms with Crippen LogP contribution in [0.4, 0.5) is 5.82 Å². The molecule has 1 aromatic carbocycles. The molecule has 0 radical (unpaired) electrons. The highest BCUT2D eigenvalue weighted by Gasteiger charge is 2.26. The fourth-order valence-corrected chi connectivity index (χ4v) is 3.87. The lowest BCUT2D eigenvalue weighted by Crippen LogP contribution is -2.32. The number of ether oxygens (including phenoxy) is 2. The van der Waals surface area contributed by atoms with Gasteiger partial charge in [-0.1, -0.05) is 23.7 Å². The Hall–Kier alpha value is -2.95. The predicted octanol–water partition coefficient (Wildman–Crippen LogP) is 3.65. The molecule has 2 aromatic heterocycles. The fraction of sp³-hybridized carbons (Fsp3) is 0.250. The molecular formula is C20H20ClN5O4S. The van der Waals surface area contributed by atoms with Crippen LogP contribution in [0.5, 0.6) is 17.2 Å². The van der Waals surface area contributed by atoms with E-state index in [-0.39, 0.29) is 22.5 Å². The molecule has 0 bridgehead atoms. The van der Waals surface area contributed by atoms with Crippen molar-refractivity contribution in [3.05, 3.63) is 53.9 Å². The Morgan fingerprint density at radius 2 is 1.81 bits per heavy atom. The van der Waals surface area contributed by atoms with Gasteiger partial charge in [0.15, 0.2) is 28.3 Å². The van der Waals surface area contributed by atoms with Gasteiger partial charge in [-0.2, -0.15) is 13.1 Å². The fourth-order valence-electron chi connectivity index (χ4n) is 2.74. The molecule has 3 aromatic rings. The van der Waals surface area contributed by atoms with Gasteiger partial charge >= 0.3 is 0 Å². The minimum absolute atomic E-state index is 0.0410. The van der Waals surface area contributed by atoms with Gasteiger partial charge in [-0.25, -0.2) is 9.97 Å². The molecule has 1 aliphatic carbocycles. The van der Waals surface area contributed by atoms with E-state index < -0.39 is 10.2 Å².